The van der Waals surface area contributed by atoms with Gasteiger partial charge >= 0.3 is 0 Å². The van der Waals surface area contributed by atoms with Crippen molar-refractivity contribution in [2.24, 2.45) is 5.92 Å². The van der Waals surface area contributed by atoms with Gasteiger partial charge < -0.3 is 10.6 Å². The number of carbonyl (C=O) groups excluding carboxylic acids is 2. The molecule has 0 saturated carbocycles. The van der Waals surface area contributed by atoms with Crippen molar-refractivity contribution in [3.05, 3.63) is 48.3 Å². The molecule has 2 amide bonds. The van der Waals surface area contributed by atoms with E-state index in [-0.39, 0.29) is 24.2 Å². The van der Waals surface area contributed by atoms with Gasteiger partial charge in [0, 0.05) is 38.4 Å². The lowest BCUT2D eigenvalue weighted by Gasteiger charge is -2.13. The molecule has 1 aliphatic heterocycles. The molecule has 1 aromatic carbocycles. The molecule has 3 heterocycles. The smallest absolute Gasteiger partial charge is 0.229 e. The molecule has 1 aliphatic rings. The maximum atomic E-state index is 12.5. The molecule has 1 saturated heterocycles. The molecule has 7 nitrogen and oxygen atoms in total. The van der Waals surface area contributed by atoms with Crippen molar-refractivity contribution in [2.75, 3.05) is 29.9 Å². The normalized spacial score (nSPS) is 16.4. The van der Waals surface area contributed by atoms with Crippen LogP contribution in [0.25, 0.3) is 10.2 Å². The van der Waals surface area contributed by atoms with E-state index in [1.807, 2.05) is 31.2 Å². The highest BCUT2D eigenvalue weighted by Gasteiger charge is 2.36. The molecule has 2 aromatic heterocycles. The van der Waals surface area contributed by atoms with Crippen LogP contribution in [0.3, 0.4) is 0 Å². The number of benzene rings is 1. The minimum Gasteiger partial charge on any atom is -0.384 e. The Morgan fingerprint density at radius 2 is 2.21 bits per heavy atom. The number of thiazole rings is 1. The van der Waals surface area contributed by atoms with Gasteiger partial charge in [-0.1, -0.05) is 17.4 Å². The number of carbonyl (C=O) groups is 2. The largest absolute Gasteiger partial charge is 0.384 e. The van der Waals surface area contributed by atoms with Crippen LogP contribution in [0.5, 0.6) is 0 Å². The minimum atomic E-state index is -0.331. The molecule has 0 aliphatic carbocycles. The average Bonchev–Trinajstić information content (AvgIpc) is 3.31. The first-order valence-electron chi connectivity index (χ1n) is 9.69. The van der Waals surface area contributed by atoms with Crippen molar-refractivity contribution in [3.8, 4) is 0 Å². The van der Waals surface area contributed by atoms with E-state index in [2.05, 4.69) is 26.7 Å². The monoisotopic (exact) mass is 409 g/mol. The van der Waals surface area contributed by atoms with Gasteiger partial charge in [-0.15, -0.1) is 0 Å². The summed E-state index contributed by atoms with van der Waals surface area (Å²) in [6.07, 6.45) is 4.52. The molecule has 0 spiro atoms. The van der Waals surface area contributed by atoms with Crippen molar-refractivity contribution >= 4 is 44.2 Å². The highest BCUT2D eigenvalue weighted by atomic mass is 32.1. The zero-order valence-electron chi connectivity index (χ0n) is 16.2. The van der Waals surface area contributed by atoms with Crippen LogP contribution in [0.4, 0.5) is 10.8 Å². The van der Waals surface area contributed by atoms with Gasteiger partial charge in [0.15, 0.2) is 5.13 Å². The summed E-state index contributed by atoms with van der Waals surface area (Å²) in [7, 11) is 0. The molecule has 29 heavy (non-hydrogen) atoms. The van der Waals surface area contributed by atoms with Gasteiger partial charge in [0.1, 0.15) is 0 Å². The van der Waals surface area contributed by atoms with Gasteiger partial charge in [0.25, 0.3) is 0 Å². The van der Waals surface area contributed by atoms with Crippen LogP contribution in [0.1, 0.15) is 18.4 Å². The van der Waals surface area contributed by atoms with Crippen LogP contribution < -0.4 is 15.5 Å². The summed E-state index contributed by atoms with van der Waals surface area (Å²) in [5.41, 5.74) is 3.01. The average molecular weight is 410 g/mol. The first kappa shape index (κ1) is 19.3. The van der Waals surface area contributed by atoms with E-state index >= 15 is 0 Å². The number of rotatable bonds is 7. The van der Waals surface area contributed by atoms with Gasteiger partial charge in [-0.2, -0.15) is 0 Å². The lowest BCUT2D eigenvalue weighted by molar-refractivity contribution is -0.126. The molecule has 3 aromatic rings. The molecule has 8 heteroatoms. The van der Waals surface area contributed by atoms with Crippen LogP contribution in [0.15, 0.2) is 42.7 Å². The van der Waals surface area contributed by atoms with Gasteiger partial charge in [-0.25, -0.2) is 4.98 Å². The molecule has 1 fully saturated rings. The van der Waals surface area contributed by atoms with Crippen molar-refractivity contribution in [1.82, 2.24) is 15.3 Å². The van der Waals surface area contributed by atoms with Crippen LogP contribution in [-0.4, -0.2) is 41.4 Å². The molecule has 1 atom stereocenters. The Labute approximate surface area is 173 Å². The summed E-state index contributed by atoms with van der Waals surface area (Å²) in [5, 5.41) is 6.88. The van der Waals surface area contributed by atoms with E-state index in [0.717, 1.165) is 34.4 Å². The topological polar surface area (TPSA) is 87.2 Å². The van der Waals surface area contributed by atoms with E-state index in [4.69, 9.17) is 0 Å². The van der Waals surface area contributed by atoms with Gasteiger partial charge in [-0.05, 0) is 43.2 Å². The molecular weight excluding hydrogens is 386 g/mol. The fourth-order valence-electron chi connectivity index (χ4n) is 3.35. The Hall–Kier alpha value is -3.00. The number of aryl methyl sites for hydroxylation is 1. The first-order valence-corrected chi connectivity index (χ1v) is 10.5. The Kier molecular flexibility index (Phi) is 5.71. The molecule has 4 rings (SSSR count). The van der Waals surface area contributed by atoms with Crippen LogP contribution in [0, 0.1) is 12.8 Å². The fraction of sp³-hybridized carbons (Fsp3) is 0.333. The summed E-state index contributed by atoms with van der Waals surface area (Å²) in [6.45, 7) is 3.73. The third-order valence-electron chi connectivity index (χ3n) is 4.90. The predicted octanol–water partition coefficient (Wildman–Crippen LogP) is 2.97. The summed E-state index contributed by atoms with van der Waals surface area (Å²) in [5.74, 6) is -0.444. The Morgan fingerprint density at radius 1 is 1.31 bits per heavy atom. The second kappa shape index (κ2) is 8.57. The number of hydrogen-bond acceptors (Lipinski definition) is 6. The van der Waals surface area contributed by atoms with E-state index in [1.54, 1.807) is 17.3 Å². The third-order valence-corrected chi connectivity index (χ3v) is 5.94. The molecule has 1 unspecified atom stereocenters. The number of fused-ring (bicyclic) bond motifs is 1. The zero-order valence-corrected chi connectivity index (χ0v) is 17.0. The number of nitrogens with one attached hydrogen (secondary N) is 2. The fourth-order valence-corrected chi connectivity index (χ4v) is 4.44. The summed E-state index contributed by atoms with van der Waals surface area (Å²) in [6, 6.07) is 9.88. The number of aromatic nitrogens is 2. The molecule has 0 radical (unpaired) electrons. The van der Waals surface area contributed by atoms with E-state index in [0.29, 0.717) is 18.2 Å². The summed E-state index contributed by atoms with van der Waals surface area (Å²) >= 11 is 1.50. The third kappa shape index (κ3) is 4.54. The van der Waals surface area contributed by atoms with Crippen molar-refractivity contribution in [2.45, 2.75) is 19.8 Å². The maximum Gasteiger partial charge on any atom is 0.229 e. The van der Waals surface area contributed by atoms with Gasteiger partial charge in [-0.3, -0.25) is 19.5 Å². The van der Waals surface area contributed by atoms with Crippen LogP contribution >= 0.6 is 11.3 Å². The maximum absolute atomic E-state index is 12.5. The van der Waals surface area contributed by atoms with Crippen LogP contribution in [-0.2, 0) is 9.59 Å². The van der Waals surface area contributed by atoms with E-state index < -0.39 is 0 Å². The first-order chi connectivity index (χ1) is 14.1. The quantitative estimate of drug-likeness (QED) is 0.586. The minimum absolute atomic E-state index is 0.0424. The van der Waals surface area contributed by atoms with Crippen LogP contribution in [0.2, 0.25) is 0 Å². The number of anilines is 2. The van der Waals surface area contributed by atoms with Crippen molar-refractivity contribution < 1.29 is 9.59 Å². The number of nitrogens with zero attached hydrogens (tertiary/aromatic N) is 3. The second-order valence-electron chi connectivity index (χ2n) is 7.19. The zero-order chi connectivity index (χ0) is 20.2. The predicted molar refractivity (Wildman–Crippen MR) is 115 cm³/mol. The standard InChI is InChI=1S/C21H23N5O2S/c1-14-5-6-17-18(10-14)29-21(25-17)26-13-15(11-19(26)27)20(28)24-9-3-8-23-16-4-2-7-22-12-16/h2,4-7,10,12,15,23H,3,8-9,11,13H2,1H3,(H,24,28). The molecule has 2 N–H and O–H groups in total. The lowest BCUT2D eigenvalue weighted by atomic mass is 10.1. The Morgan fingerprint density at radius 3 is 3.03 bits per heavy atom. The van der Waals surface area contributed by atoms with E-state index in [1.165, 1.54) is 11.3 Å². The second-order valence-corrected chi connectivity index (χ2v) is 8.20. The Balaban J connectivity index is 1.27. The van der Waals surface area contributed by atoms with Gasteiger partial charge in [0.05, 0.1) is 21.8 Å². The Bertz CT molecular complexity index is 1020. The van der Waals surface area contributed by atoms with Crippen molar-refractivity contribution in [3.63, 3.8) is 0 Å². The number of pyridine rings is 1. The highest BCUT2D eigenvalue weighted by Crippen LogP contribution is 2.33. The van der Waals surface area contributed by atoms with E-state index in [9.17, 15) is 9.59 Å². The highest BCUT2D eigenvalue weighted by molar-refractivity contribution is 7.22. The summed E-state index contributed by atoms with van der Waals surface area (Å²) < 4.78 is 1.06. The molecule has 150 valence electrons. The summed E-state index contributed by atoms with van der Waals surface area (Å²) in [4.78, 5) is 35.2. The van der Waals surface area contributed by atoms with Crippen molar-refractivity contribution in [1.29, 1.82) is 0 Å². The SMILES string of the molecule is Cc1ccc2nc(N3CC(C(=O)NCCCNc4cccnc4)CC3=O)sc2c1. The number of amides is 2. The molecular formula is C21H23N5O2S. The van der Waals surface area contributed by atoms with Gasteiger partial charge in [0.2, 0.25) is 11.8 Å². The number of hydrogen-bond donors (Lipinski definition) is 2. The molecule has 0 bridgehead atoms. The lowest BCUT2D eigenvalue weighted by Crippen LogP contribution is -2.34.